The Kier molecular flexibility index (Phi) is 5.84. The molecule has 0 saturated heterocycles. The summed E-state index contributed by atoms with van der Waals surface area (Å²) in [6.07, 6.45) is 9.56. The van der Waals surface area contributed by atoms with Gasteiger partial charge in [0.05, 0.1) is 12.0 Å². The number of carbonyl (C=O) groups is 1. The first-order valence-corrected chi connectivity index (χ1v) is 8.59. The van der Waals surface area contributed by atoms with E-state index in [1.165, 1.54) is 0 Å². The predicted octanol–water partition coefficient (Wildman–Crippen LogP) is 3.87. The topological polar surface area (TPSA) is 83.5 Å². The molecule has 4 N–H and O–H groups in total. The maximum atomic E-state index is 11.8. The van der Waals surface area contributed by atoms with Gasteiger partial charge in [0.1, 0.15) is 0 Å². The van der Waals surface area contributed by atoms with Crippen LogP contribution in [0.15, 0.2) is 42.5 Å². The van der Waals surface area contributed by atoms with E-state index in [1.807, 2.05) is 44.2 Å². The van der Waals surface area contributed by atoms with Crippen LogP contribution in [0.5, 0.6) is 0 Å². The summed E-state index contributed by atoms with van der Waals surface area (Å²) in [5.74, 6) is -1.43. The first-order chi connectivity index (χ1) is 11.4. The predicted molar refractivity (Wildman–Crippen MR) is 96.6 cm³/mol. The molecule has 0 bridgehead atoms. The standard InChI is InChI=1S/C20H27NO3/c1-3-8-18(22)14-9-7-11-17(21)15(14)13-20(4-2)12-6-5-10-16(20)19(23)24/h5-7,9-12,16,18,22H,3-4,8,13,21H2,1-2H3,(H,23,24). The fourth-order valence-electron chi connectivity index (χ4n) is 3.58. The Morgan fingerprint density at radius 1 is 1.33 bits per heavy atom. The van der Waals surface area contributed by atoms with Crippen molar-refractivity contribution in [3.8, 4) is 0 Å². The molecule has 3 unspecified atom stereocenters. The molecule has 24 heavy (non-hydrogen) atoms. The SMILES string of the molecule is CCCC(O)c1cccc(N)c1CC1(CC)C=CC=CC1C(=O)O. The molecule has 0 radical (unpaired) electrons. The van der Waals surface area contributed by atoms with E-state index < -0.39 is 23.4 Å². The molecule has 1 aromatic carbocycles. The third-order valence-corrected chi connectivity index (χ3v) is 5.06. The summed E-state index contributed by atoms with van der Waals surface area (Å²) in [7, 11) is 0. The fourth-order valence-corrected chi connectivity index (χ4v) is 3.58. The molecule has 4 heteroatoms. The lowest BCUT2D eigenvalue weighted by Crippen LogP contribution is -2.36. The third-order valence-electron chi connectivity index (χ3n) is 5.06. The van der Waals surface area contributed by atoms with Crippen LogP contribution in [-0.2, 0) is 11.2 Å². The lowest BCUT2D eigenvalue weighted by Gasteiger charge is -2.37. The molecule has 0 spiro atoms. The van der Waals surface area contributed by atoms with Gasteiger partial charge in [0.25, 0.3) is 0 Å². The molecular weight excluding hydrogens is 302 g/mol. The molecule has 0 heterocycles. The summed E-state index contributed by atoms with van der Waals surface area (Å²) in [6, 6.07) is 5.56. The molecule has 0 fully saturated rings. The van der Waals surface area contributed by atoms with Crippen LogP contribution >= 0.6 is 0 Å². The minimum absolute atomic E-state index is 0.504. The zero-order valence-electron chi connectivity index (χ0n) is 14.4. The lowest BCUT2D eigenvalue weighted by molar-refractivity contribution is -0.143. The third kappa shape index (κ3) is 3.54. The van der Waals surface area contributed by atoms with Crippen molar-refractivity contribution in [3.05, 3.63) is 53.6 Å². The molecule has 1 aliphatic carbocycles. The van der Waals surface area contributed by atoms with E-state index in [-0.39, 0.29) is 0 Å². The van der Waals surface area contributed by atoms with Crippen LogP contribution in [0, 0.1) is 11.3 Å². The van der Waals surface area contributed by atoms with Crippen LogP contribution < -0.4 is 5.73 Å². The highest BCUT2D eigenvalue weighted by molar-refractivity contribution is 5.74. The smallest absolute Gasteiger partial charge is 0.311 e. The van der Waals surface area contributed by atoms with Crippen molar-refractivity contribution in [2.75, 3.05) is 5.73 Å². The maximum Gasteiger partial charge on any atom is 0.311 e. The number of rotatable bonds is 7. The Morgan fingerprint density at radius 3 is 2.71 bits per heavy atom. The summed E-state index contributed by atoms with van der Waals surface area (Å²) >= 11 is 0. The van der Waals surface area contributed by atoms with Crippen molar-refractivity contribution in [1.82, 2.24) is 0 Å². The van der Waals surface area contributed by atoms with E-state index in [1.54, 1.807) is 12.2 Å². The number of nitrogen functional groups attached to an aromatic ring is 1. The minimum Gasteiger partial charge on any atom is -0.481 e. The molecule has 0 amide bonds. The van der Waals surface area contributed by atoms with Crippen molar-refractivity contribution >= 4 is 11.7 Å². The van der Waals surface area contributed by atoms with Gasteiger partial charge in [0.2, 0.25) is 0 Å². The van der Waals surface area contributed by atoms with Crippen molar-refractivity contribution in [1.29, 1.82) is 0 Å². The molecule has 0 saturated carbocycles. The Hall–Kier alpha value is -2.07. The van der Waals surface area contributed by atoms with Gasteiger partial charge in [-0.3, -0.25) is 4.79 Å². The number of hydrogen-bond acceptors (Lipinski definition) is 3. The monoisotopic (exact) mass is 329 g/mol. The van der Waals surface area contributed by atoms with Gasteiger partial charge >= 0.3 is 5.97 Å². The Labute approximate surface area is 143 Å². The zero-order chi connectivity index (χ0) is 17.7. The molecule has 1 aliphatic rings. The largest absolute Gasteiger partial charge is 0.481 e. The average Bonchev–Trinajstić information content (AvgIpc) is 2.57. The average molecular weight is 329 g/mol. The second kappa shape index (κ2) is 7.67. The highest BCUT2D eigenvalue weighted by atomic mass is 16.4. The molecule has 0 aliphatic heterocycles. The number of aliphatic hydroxyl groups excluding tert-OH is 1. The Morgan fingerprint density at radius 2 is 2.08 bits per heavy atom. The van der Waals surface area contributed by atoms with Crippen LogP contribution in [0.4, 0.5) is 5.69 Å². The first kappa shape index (κ1) is 18.3. The molecule has 130 valence electrons. The van der Waals surface area contributed by atoms with E-state index in [2.05, 4.69) is 0 Å². The van der Waals surface area contributed by atoms with E-state index in [4.69, 9.17) is 5.73 Å². The fraction of sp³-hybridized carbons (Fsp3) is 0.450. The van der Waals surface area contributed by atoms with Gasteiger partial charge in [-0.1, -0.05) is 56.7 Å². The van der Waals surface area contributed by atoms with E-state index in [0.717, 1.165) is 17.5 Å². The van der Waals surface area contributed by atoms with Gasteiger partial charge in [-0.25, -0.2) is 0 Å². The Bertz CT molecular complexity index is 650. The number of aliphatic hydroxyl groups is 1. The van der Waals surface area contributed by atoms with Crippen LogP contribution in [-0.4, -0.2) is 16.2 Å². The number of benzene rings is 1. The van der Waals surface area contributed by atoms with Gasteiger partial charge in [-0.05, 0) is 36.5 Å². The van der Waals surface area contributed by atoms with Crippen LogP contribution in [0.25, 0.3) is 0 Å². The van der Waals surface area contributed by atoms with Gasteiger partial charge in [0, 0.05) is 11.1 Å². The normalized spacial score (nSPS) is 24.0. The number of nitrogens with two attached hydrogens (primary N) is 1. The maximum absolute atomic E-state index is 11.8. The summed E-state index contributed by atoms with van der Waals surface area (Å²) in [6.45, 7) is 4.03. The summed E-state index contributed by atoms with van der Waals surface area (Å²) in [4.78, 5) is 11.8. The summed E-state index contributed by atoms with van der Waals surface area (Å²) < 4.78 is 0. The number of aliphatic carboxylic acids is 1. The summed E-state index contributed by atoms with van der Waals surface area (Å²) in [5, 5.41) is 20.1. The second-order valence-electron chi connectivity index (χ2n) is 6.54. The van der Waals surface area contributed by atoms with Gasteiger partial charge in [0.15, 0.2) is 0 Å². The molecule has 4 nitrogen and oxygen atoms in total. The molecular formula is C20H27NO3. The number of carboxylic acid groups (broad SMARTS) is 1. The van der Waals surface area contributed by atoms with Crippen LogP contribution in [0.2, 0.25) is 0 Å². The second-order valence-corrected chi connectivity index (χ2v) is 6.54. The quantitative estimate of drug-likeness (QED) is 0.663. The number of anilines is 1. The van der Waals surface area contributed by atoms with Crippen molar-refractivity contribution in [3.63, 3.8) is 0 Å². The van der Waals surface area contributed by atoms with E-state index >= 15 is 0 Å². The van der Waals surface area contributed by atoms with E-state index in [9.17, 15) is 15.0 Å². The summed E-state index contributed by atoms with van der Waals surface area (Å²) in [5.41, 5.74) is 7.97. The van der Waals surface area contributed by atoms with Crippen molar-refractivity contribution < 1.29 is 15.0 Å². The van der Waals surface area contributed by atoms with Gasteiger partial charge < -0.3 is 15.9 Å². The minimum atomic E-state index is -0.831. The van der Waals surface area contributed by atoms with Gasteiger partial charge in [-0.2, -0.15) is 0 Å². The van der Waals surface area contributed by atoms with E-state index in [0.29, 0.717) is 24.9 Å². The number of hydrogen-bond donors (Lipinski definition) is 3. The number of allylic oxidation sites excluding steroid dienone is 3. The van der Waals surface area contributed by atoms with Crippen molar-refractivity contribution in [2.45, 2.75) is 45.6 Å². The van der Waals surface area contributed by atoms with Gasteiger partial charge in [-0.15, -0.1) is 0 Å². The first-order valence-electron chi connectivity index (χ1n) is 8.59. The van der Waals surface area contributed by atoms with Crippen LogP contribution in [0.3, 0.4) is 0 Å². The lowest BCUT2D eigenvalue weighted by atomic mass is 9.66. The highest BCUT2D eigenvalue weighted by Crippen LogP contribution is 2.43. The molecule has 3 atom stereocenters. The molecule has 2 rings (SSSR count). The molecule has 0 aromatic heterocycles. The van der Waals surface area contributed by atoms with Crippen molar-refractivity contribution in [2.24, 2.45) is 11.3 Å². The highest BCUT2D eigenvalue weighted by Gasteiger charge is 2.40. The zero-order valence-corrected chi connectivity index (χ0v) is 14.4. The number of carboxylic acids is 1. The van der Waals surface area contributed by atoms with Crippen LogP contribution in [0.1, 0.15) is 50.3 Å². The molecule has 1 aromatic rings. The Balaban J connectivity index is 2.46.